The van der Waals surface area contributed by atoms with Gasteiger partial charge >= 0.3 is 12.1 Å². The van der Waals surface area contributed by atoms with Crippen molar-refractivity contribution in [1.29, 1.82) is 0 Å². The molecule has 1 aromatic rings. The first-order chi connectivity index (χ1) is 12.7. The van der Waals surface area contributed by atoms with E-state index in [0.717, 1.165) is 5.56 Å². The van der Waals surface area contributed by atoms with Gasteiger partial charge in [-0.3, -0.25) is 9.59 Å². The second kappa shape index (κ2) is 11.5. The van der Waals surface area contributed by atoms with E-state index in [4.69, 9.17) is 9.47 Å². The van der Waals surface area contributed by atoms with Crippen molar-refractivity contribution in [3.8, 4) is 0 Å². The monoisotopic (exact) mass is 396 g/mol. The van der Waals surface area contributed by atoms with Gasteiger partial charge in [0.05, 0.1) is 0 Å². The Kier molecular flexibility index (Phi) is 9.71. The number of esters is 1. The minimum atomic E-state index is -0.783. The van der Waals surface area contributed by atoms with Crippen LogP contribution in [-0.4, -0.2) is 48.2 Å². The van der Waals surface area contributed by atoms with Gasteiger partial charge in [-0.25, -0.2) is 4.79 Å². The van der Waals surface area contributed by atoms with Crippen LogP contribution >= 0.6 is 11.8 Å². The predicted molar refractivity (Wildman–Crippen MR) is 105 cm³/mol. The van der Waals surface area contributed by atoms with Gasteiger partial charge in [-0.15, -0.1) is 0 Å². The normalized spacial score (nSPS) is 12.0. The molecule has 0 fully saturated rings. The summed E-state index contributed by atoms with van der Waals surface area (Å²) in [6.07, 6.45) is 1.66. The molecule has 8 heteroatoms. The molecule has 1 aromatic carbocycles. The molecule has 0 bridgehead atoms. The Morgan fingerprint density at radius 2 is 1.81 bits per heavy atom. The summed E-state index contributed by atoms with van der Waals surface area (Å²) in [7, 11) is 0. The van der Waals surface area contributed by atoms with Crippen LogP contribution in [0.15, 0.2) is 30.3 Å². The van der Waals surface area contributed by atoms with Crippen LogP contribution in [0.3, 0.4) is 0 Å². The van der Waals surface area contributed by atoms with Crippen LogP contribution in [0.4, 0.5) is 4.79 Å². The Labute approximate surface area is 164 Å². The molecule has 7 nitrogen and oxygen atoms in total. The summed E-state index contributed by atoms with van der Waals surface area (Å²) in [6.45, 7) is 5.10. The number of ether oxygens (including phenoxy) is 2. The van der Waals surface area contributed by atoms with Gasteiger partial charge in [-0.2, -0.15) is 11.8 Å². The van der Waals surface area contributed by atoms with Crippen molar-refractivity contribution in [2.75, 3.05) is 18.6 Å². The standard InChI is InChI=1S/C19H28N2O5S/c1-19(2,3)26-18(24)21-15(10-11-27-4)17(23)20-12-16(22)25-13-14-8-6-5-7-9-14/h5-9,15H,10-13H2,1-4H3,(H,20,23)(H,21,24)/t15-/m0/s1. The lowest BCUT2D eigenvalue weighted by molar-refractivity contribution is -0.145. The number of amides is 2. The second-order valence-corrected chi connectivity index (χ2v) is 7.83. The summed E-state index contributed by atoms with van der Waals surface area (Å²) in [6, 6.07) is 8.48. The van der Waals surface area contributed by atoms with Gasteiger partial charge in [0.15, 0.2) is 0 Å². The Morgan fingerprint density at radius 3 is 2.41 bits per heavy atom. The maximum Gasteiger partial charge on any atom is 0.408 e. The van der Waals surface area contributed by atoms with E-state index in [1.165, 1.54) is 0 Å². The van der Waals surface area contributed by atoms with E-state index in [0.29, 0.717) is 12.2 Å². The highest BCUT2D eigenvalue weighted by atomic mass is 32.2. The highest BCUT2D eigenvalue weighted by Gasteiger charge is 2.24. The number of alkyl carbamates (subject to hydrolysis) is 1. The van der Waals surface area contributed by atoms with Crippen LogP contribution in [0.2, 0.25) is 0 Å². The lowest BCUT2D eigenvalue weighted by Gasteiger charge is -2.23. The highest BCUT2D eigenvalue weighted by molar-refractivity contribution is 7.98. The first kappa shape index (κ1) is 22.8. The Hall–Kier alpha value is -2.22. The van der Waals surface area contributed by atoms with Crippen molar-refractivity contribution in [2.24, 2.45) is 0 Å². The van der Waals surface area contributed by atoms with Crippen LogP contribution in [0.1, 0.15) is 32.8 Å². The lowest BCUT2D eigenvalue weighted by atomic mass is 10.2. The van der Waals surface area contributed by atoms with E-state index in [1.807, 2.05) is 36.6 Å². The van der Waals surface area contributed by atoms with Crippen molar-refractivity contribution in [3.63, 3.8) is 0 Å². The molecule has 0 spiro atoms. The number of thioether (sulfide) groups is 1. The molecular weight excluding hydrogens is 368 g/mol. The zero-order valence-corrected chi connectivity index (χ0v) is 17.1. The smallest absolute Gasteiger partial charge is 0.408 e. The zero-order valence-electron chi connectivity index (χ0n) is 16.2. The third kappa shape index (κ3) is 10.5. The average Bonchev–Trinajstić information content (AvgIpc) is 2.60. The highest BCUT2D eigenvalue weighted by Crippen LogP contribution is 2.08. The van der Waals surface area contributed by atoms with Gasteiger partial charge in [0.1, 0.15) is 24.8 Å². The maximum absolute atomic E-state index is 12.3. The molecule has 0 aliphatic carbocycles. The summed E-state index contributed by atoms with van der Waals surface area (Å²) >= 11 is 1.55. The minimum Gasteiger partial charge on any atom is -0.460 e. The van der Waals surface area contributed by atoms with Crippen LogP contribution in [-0.2, 0) is 25.7 Å². The summed E-state index contributed by atoms with van der Waals surface area (Å²) in [4.78, 5) is 36.1. The number of hydrogen-bond donors (Lipinski definition) is 2. The predicted octanol–water partition coefficient (Wildman–Crippen LogP) is 2.49. The van der Waals surface area contributed by atoms with Gasteiger partial charge in [-0.1, -0.05) is 30.3 Å². The molecule has 0 saturated carbocycles. The molecule has 1 rings (SSSR count). The van der Waals surface area contributed by atoms with Crippen molar-refractivity contribution < 1.29 is 23.9 Å². The van der Waals surface area contributed by atoms with Gasteiger partial charge in [-0.05, 0) is 44.8 Å². The number of carbonyl (C=O) groups excluding carboxylic acids is 3. The first-order valence-corrected chi connectivity index (χ1v) is 10.1. The van der Waals surface area contributed by atoms with Gasteiger partial charge in [0.25, 0.3) is 0 Å². The molecule has 0 saturated heterocycles. The molecule has 27 heavy (non-hydrogen) atoms. The molecule has 2 amide bonds. The molecule has 0 radical (unpaired) electrons. The van der Waals surface area contributed by atoms with E-state index >= 15 is 0 Å². The molecule has 0 unspecified atom stereocenters. The number of rotatable bonds is 9. The van der Waals surface area contributed by atoms with Crippen LogP contribution in [0.25, 0.3) is 0 Å². The molecule has 0 aliphatic rings. The molecule has 0 aromatic heterocycles. The number of benzene rings is 1. The quantitative estimate of drug-likeness (QED) is 0.623. The SMILES string of the molecule is CSCC[C@H](NC(=O)OC(C)(C)C)C(=O)NCC(=O)OCc1ccccc1. The van der Waals surface area contributed by atoms with E-state index in [-0.39, 0.29) is 13.2 Å². The summed E-state index contributed by atoms with van der Waals surface area (Å²) in [5.74, 6) is -0.327. The first-order valence-electron chi connectivity index (χ1n) is 8.67. The lowest BCUT2D eigenvalue weighted by Crippen LogP contribution is -2.49. The molecule has 0 aliphatic heterocycles. The summed E-state index contributed by atoms with van der Waals surface area (Å²) in [5.41, 5.74) is 0.202. The second-order valence-electron chi connectivity index (χ2n) is 6.84. The number of hydrogen-bond acceptors (Lipinski definition) is 6. The van der Waals surface area contributed by atoms with Crippen molar-refractivity contribution >= 4 is 29.7 Å². The fourth-order valence-corrected chi connectivity index (χ4v) is 2.50. The summed E-state index contributed by atoms with van der Waals surface area (Å²) < 4.78 is 10.3. The van der Waals surface area contributed by atoms with Crippen molar-refractivity contribution in [3.05, 3.63) is 35.9 Å². The fraction of sp³-hybridized carbons (Fsp3) is 0.526. The minimum absolute atomic E-state index is 0.140. The third-order valence-electron chi connectivity index (χ3n) is 3.27. The molecule has 2 N–H and O–H groups in total. The Bertz CT molecular complexity index is 616. The average molecular weight is 397 g/mol. The van der Waals surface area contributed by atoms with Gasteiger partial charge in [0, 0.05) is 0 Å². The van der Waals surface area contributed by atoms with Crippen molar-refractivity contribution in [1.82, 2.24) is 10.6 Å². The van der Waals surface area contributed by atoms with Crippen molar-refractivity contribution in [2.45, 2.75) is 45.4 Å². The Balaban J connectivity index is 2.47. The largest absolute Gasteiger partial charge is 0.460 e. The topological polar surface area (TPSA) is 93.7 Å². The van der Waals surface area contributed by atoms with E-state index in [2.05, 4.69) is 10.6 Å². The van der Waals surface area contributed by atoms with Crippen LogP contribution < -0.4 is 10.6 Å². The zero-order chi connectivity index (χ0) is 20.3. The summed E-state index contributed by atoms with van der Waals surface area (Å²) in [5, 5.41) is 5.05. The fourth-order valence-electron chi connectivity index (χ4n) is 2.03. The van der Waals surface area contributed by atoms with Gasteiger partial charge < -0.3 is 20.1 Å². The molecule has 150 valence electrons. The van der Waals surface area contributed by atoms with Crippen LogP contribution in [0, 0.1) is 0 Å². The van der Waals surface area contributed by atoms with E-state index in [1.54, 1.807) is 32.5 Å². The van der Waals surface area contributed by atoms with E-state index < -0.39 is 29.6 Å². The van der Waals surface area contributed by atoms with E-state index in [9.17, 15) is 14.4 Å². The maximum atomic E-state index is 12.3. The number of carbonyl (C=O) groups is 3. The third-order valence-corrected chi connectivity index (χ3v) is 3.91. The number of nitrogens with one attached hydrogen (secondary N) is 2. The molecular formula is C19H28N2O5S. The van der Waals surface area contributed by atoms with Crippen LogP contribution in [0.5, 0.6) is 0 Å². The molecule has 1 atom stereocenters. The Morgan fingerprint density at radius 1 is 1.15 bits per heavy atom. The molecule has 0 heterocycles. The van der Waals surface area contributed by atoms with Gasteiger partial charge in [0.2, 0.25) is 5.91 Å².